The number of para-hydroxylation sites is 3. The molecule has 8 heteroatoms. The summed E-state index contributed by atoms with van der Waals surface area (Å²) in [6, 6.07) is 20.8. The van der Waals surface area contributed by atoms with Gasteiger partial charge < -0.3 is 9.73 Å². The molecule has 0 bridgehead atoms. The summed E-state index contributed by atoms with van der Waals surface area (Å²) in [7, 11) is -3.62. The van der Waals surface area contributed by atoms with E-state index in [1.165, 1.54) is 12.1 Å². The second kappa shape index (κ2) is 11.5. The Morgan fingerprint density at radius 1 is 0.889 bits per heavy atom. The summed E-state index contributed by atoms with van der Waals surface area (Å²) >= 11 is 0. The number of sulfonamides is 1. The second-order valence-corrected chi connectivity index (χ2v) is 10.6. The van der Waals surface area contributed by atoms with Crippen LogP contribution in [0.1, 0.15) is 49.9 Å². The van der Waals surface area contributed by atoms with Crippen LogP contribution in [0.2, 0.25) is 0 Å². The lowest BCUT2D eigenvalue weighted by molar-refractivity contribution is 0.102. The van der Waals surface area contributed by atoms with Crippen LogP contribution in [-0.4, -0.2) is 36.7 Å². The van der Waals surface area contributed by atoms with Crippen molar-refractivity contribution in [2.75, 3.05) is 18.4 Å². The topological polar surface area (TPSA) is 92.5 Å². The molecule has 7 nitrogen and oxygen atoms in total. The highest BCUT2D eigenvalue weighted by Gasteiger charge is 2.24. The van der Waals surface area contributed by atoms with Crippen LogP contribution in [0.15, 0.2) is 82.1 Å². The van der Waals surface area contributed by atoms with Gasteiger partial charge in [0.25, 0.3) is 5.91 Å². The molecular formula is C28H31N3O4S. The minimum atomic E-state index is -3.62. The van der Waals surface area contributed by atoms with Gasteiger partial charge in [-0.1, -0.05) is 51.0 Å². The number of hydrogen-bond acceptors (Lipinski definition) is 5. The normalized spacial score (nSPS) is 11.8. The lowest BCUT2D eigenvalue weighted by atomic mass is 10.1. The fourth-order valence-electron chi connectivity index (χ4n) is 3.91. The Labute approximate surface area is 212 Å². The Bertz CT molecular complexity index is 1390. The molecule has 0 aliphatic heterocycles. The van der Waals surface area contributed by atoms with E-state index in [0.29, 0.717) is 41.4 Å². The van der Waals surface area contributed by atoms with Gasteiger partial charge in [-0.25, -0.2) is 13.4 Å². The molecule has 0 atom stereocenters. The first kappa shape index (κ1) is 25.6. The van der Waals surface area contributed by atoms with Crippen molar-refractivity contribution < 1.29 is 17.6 Å². The zero-order valence-corrected chi connectivity index (χ0v) is 21.4. The molecule has 0 aliphatic carbocycles. The van der Waals surface area contributed by atoms with Crippen molar-refractivity contribution in [1.29, 1.82) is 0 Å². The molecule has 0 unspecified atom stereocenters. The lowest BCUT2D eigenvalue weighted by Crippen LogP contribution is -2.33. The SMILES string of the molecule is CCCCN(CCCC)S(=O)(=O)c1ccc(C(=O)Nc2ccccc2-c2nc3ccccc3o2)cc1. The molecule has 0 saturated carbocycles. The van der Waals surface area contributed by atoms with Gasteiger partial charge in [0.1, 0.15) is 5.52 Å². The molecule has 4 rings (SSSR count). The summed E-state index contributed by atoms with van der Waals surface area (Å²) in [5, 5.41) is 2.91. The molecular weight excluding hydrogens is 474 g/mol. The fourth-order valence-corrected chi connectivity index (χ4v) is 5.43. The van der Waals surface area contributed by atoms with Crippen molar-refractivity contribution in [3.05, 3.63) is 78.4 Å². The number of hydrogen-bond donors (Lipinski definition) is 1. The van der Waals surface area contributed by atoms with Gasteiger partial charge in [0.05, 0.1) is 16.1 Å². The molecule has 4 aromatic rings. The van der Waals surface area contributed by atoms with E-state index in [9.17, 15) is 13.2 Å². The number of rotatable bonds is 11. The summed E-state index contributed by atoms with van der Waals surface area (Å²) < 4.78 is 33.8. The molecule has 0 aliphatic rings. The molecule has 0 radical (unpaired) electrons. The van der Waals surface area contributed by atoms with Crippen LogP contribution in [0.25, 0.3) is 22.6 Å². The molecule has 0 fully saturated rings. The third-order valence-corrected chi connectivity index (χ3v) is 7.89. The fraction of sp³-hybridized carbons (Fsp3) is 0.286. The van der Waals surface area contributed by atoms with Gasteiger partial charge >= 0.3 is 0 Å². The van der Waals surface area contributed by atoms with Crippen LogP contribution >= 0.6 is 0 Å². The number of fused-ring (bicyclic) bond motifs is 1. The van der Waals surface area contributed by atoms with Crippen molar-refractivity contribution in [1.82, 2.24) is 9.29 Å². The van der Waals surface area contributed by atoms with Gasteiger partial charge in [0.15, 0.2) is 5.58 Å². The van der Waals surface area contributed by atoms with E-state index in [4.69, 9.17) is 4.42 Å². The van der Waals surface area contributed by atoms with Gasteiger partial charge in [-0.2, -0.15) is 4.31 Å². The van der Waals surface area contributed by atoms with Crippen molar-refractivity contribution in [3.8, 4) is 11.5 Å². The summed E-state index contributed by atoms with van der Waals surface area (Å²) in [5.41, 5.74) is 2.96. The number of aromatic nitrogens is 1. The minimum Gasteiger partial charge on any atom is -0.436 e. The van der Waals surface area contributed by atoms with Gasteiger partial charge in [-0.3, -0.25) is 4.79 Å². The minimum absolute atomic E-state index is 0.193. The maximum atomic E-state index is 13.2. The number of carbonyl (C=O) groups is 1. The zero-order valence-electron chi connectivity index (χ0n) is 20.6. The molecule has 3 aromatic carbocycles. The number of anilines is 1. The summed E-state index contributed by atoms with van der Waals surface area (Å²) in [6.45, 7) is 5.07. The third-order valence-electron chi connectivity index (χ3n) is 5.98. The Hall–Kier alpha value is -3.49. The standard InChI is InChI=1S/C28H31N3O4S/c1-3-5-19-31(20-6-4-2)36(33,34)22-17-15-21(16-18-22)27(32)29-24-12-8-7-11-23(24)28-30-25-13-9-10-14-26(25)35-28/h7-18H,3-6,19-20H2,1-2H3,(H,29,32). The predicted octanol–water partition coefficient (Wildman–Crippen LogP) is 6.34. The Morgan fingerprint density at radius 3 is 2.19 bits per heavy atom. The number of carbonyl (C=O) groups excluding carboxylic acids is 1. The van der Waals surface area contributed by atoms with Crippen molar-refractivity contribution in [3.63, 3.8) is 0 Å². The van der Waals surface area contributed by atoms with Crippen molar-refractivity contribution >= 4 is 32.7 Å². The maximum absolute atomic E-state index is 13.2. The first-order chi connectivity index (χ1) is 17.4. The monoisotopic (exact) mass is 505 g/mol. The number of oxazole rings is 1. The third kappa shape index (κ3) is 5.66. The van der Waals surface area contributed by atoms with E-state index in [1.807, 2.05) is 56.3 Å². The molecule has 36 heavy (non-hydrogen) atoms. The smallest absolute Gasteiger partial charge is 0.255 e. The van der Waals surface area contributed by atoms with E-state index < -0.39 is 10.0 Å². The average Bonchev–Trinajstić information content (AvgIpc) is 3.33. The number of nitrogens with zero attached hydrogens (tertiary/aromatic N) is 2. The van der Waals surface area contributed by atoms with Crippen LogP contribution in [0.3, 0.4) is 0 Å². The van der Waals surface area contributed by atoms with Crippen molar-refractivity contribution in [2.45, 2.75) is 44.4 Å². The largest absolute Gasteiger partial charge is 0.436 e. The Balaban J connectivity index is 1.53. The quantitative estimate of drug-likeness (QED) is 0.257. The van der Waals surface area contributed by atoms with Crippen LogP contribution in [-0.2, 0) is 10.0 Å². The number of benzene rings is 3. The van der Waals surface area contributed by atoms with Crippen molar-refractivity contribution in [2.24, 2.45) is 0 Å². The predicted molar refractivity (Wildman–Crippen MR) is 142 cm³/mol. The molecule has 1 N–H and O–H groups in total. The van der Waals surface area contributed by atoms with E-state index >= 15 is 0 Å². The number of nitrogens with one attached hydrogen (secondary N) is 1. The van der Waals surface area contributed by atoms with Gasteiger partial charge in [0.2, 0.25) is 15.9 Å². The molecule has 188 valence electrons. The van der Waals surface area contributed by atoms with Crippen LogP contribution in [0, 0.1) is 0 Å². The van der Waals surface area contributed by atoms with Crippen LogP contribution in [0.5, 0.6) is 0 Å². The maximum Gasteiger partial charge on any atom is 0.255 e. The first-order valence-electron chi connectivity index (χ1n) is 12.3. The number of amides is 1. The average molecular weight is 506 g/mol. The molecule has 1 aromatic heterocycles. The summed E-state index contributed by atoms with van der Waals surface area (Å²) in [4.78, 5) is 17.7. The highest BCUT2D eigenvalue weighted by atomic mass is 32.2. The summed E-state index contributed by atoms with van der Waals surface area (Å²) in [6.07, 6.45) is 3.45. The lowest BCUT2D eigenvalue weighted by Gasteiger charge is -2.22. The van der Waals surface area contributed by atoms with E-state index in [0.717, 1.165) is 31.2 Å². The van der Waals surface area contributed by atoms with Crippen LogP contribution < -0.4 is 5.32 Å². The Morgan fingerprint density at radius 2 is 1.53 bits per heavy atom. The van der Waals surface area contributed by atoms with Gasteiger partial charge in [-0.15, -0.1) is 0 Å². The summed E-state index contributed by atoms with van der Waals surface area (Å²) in [5.74, 6) is 0.0594. The zero-order chi connectivity index (χ0) is 25.5. The second-order valence-electron chi connectivity index (χ2n) is 8.62. The molecule has 1 amide bonds. The van der Waals surface area contributed by atoms with Gasteiger partial charge in [-0.05, 0) is 61.4 Å². The van der Waals surface area contributed by atoms with E-state index in [-0.39, 0.29) is 10.8 Å². The molecule has 0 saturated heterocycles. The Kier molecular flexibility index (Phi) is 8.18. The van der Waals surface area contributed by atoms with Gasteiger partial charge in [0, 0.05) is 18.7 Å². The number of unbranched alkanes of at least 4 members (excludes halogenated alkanes) is 2. The van der Waals surface area contributed by atoms with E-state index in [1.54, 1.807) is 22.5 Å². The molecule has 0 spiro atoms. The van der Waals surface area contributed by atoms with E-state index in [2.05, 4.69) is 10.3 Å². The van der Waals surface area contributed by atoms with Crippen LogP contribution in [0.4, 0.5) is 5.69 Å². The first-order valence-corrected chi connectivity index (χ1v) is 13.7. The molecule has 1 heterocycles. The highest BCUT2D eigenvalue weighted by Crippen LogP contribution is 2.30. The highest BCUT2D eigenvalue weighted by molar-refractivity contribution is 7.89.